The largest absolute Gasteiger partial charge is 0.508 e. The maximum absolute atomic E-state index is 12.9. The van der Waals surface area contributed by atoms with Crippen LogP contribution < -0.4 is 5.32 Å². The molecule has 0 spiro atoms. The number of ether oxygens (including phenoxy) is 1. The van der Waals surface area contributed by atoms with Crippen molar-refractivity contribution in [3.63, 3.8) is 0 Å². The first kappa shape index (κ1) is 19.8. The van der Waals surface area contributed by atoms with Crippen molar-refractivity contribution in [1.29, 1.82) is 0 Å². The summed E-state index contributed by atoms with van der Waals surface area (Å²) in [6.45, 7) is -0.693. The van der Waals surface area contributed by atoms with E-state index in [0.717, 1.165) is 12.1 Å². The van der Waals surface area contributed by atoms with Crippen molar-refractivity contribution in [3.8, 4) is 11.5 Å². The average molecular weight is 417 g/mol. The van der Waals surface area contributed by atoms with Gasteiger partial charge in [0.05, 0.1) is 11.3 Å². The van der Waals surface area contributed by atoms with Crippen LogP contribution in [0.15, 0.2) is 60.7 Å². The number of esters is 1. The third-order valence-corrected chi connectivity index (χ3v) is 4.76. The Labute approximate surface area is 175 Å². The lowest BCUT2D eigenvalue weighted by Crippen LogP contribution is -2.26. The Morgan fingerprint density at radius 1 is 0.839 bits per heavy atom. The van der Waals surface area contributed by atoms with E-state index < -0.39 is 30.0 Å². The molecule has 3 aromatic rings. The third-order valence-electron chi connectivity index (χ3n) is 4.76. The number of ketones is 2. The fraction of sp³-hybridized carbons (Fsp3) is 0.0435. The Hall–Kier alpha value is -4.46. The van der Waals surface area contributed by atoms with E-state index in [0.29, 0.717) is 5.56 Å². The molecule has 1 aliphatic carbocycles. The van der Waals surface area contributed by atoms with E-state index in [9.17, 15) is 29.4 Å². The van der Waals surface area contributed by atoms with Crippen LogP contribution in [0.2, 0.25) is 0 Å². The van der Waals surface area contributed by atoms with Gasteiger partial charge in [-0.2, -0.15) is 0 Å². The molecule has 0 aromatic heterocycles. The van der Waals surface area contributed by atoms with Gasteiger partial charge in [0.25, 0.3) is 5.91 Å². The van der Waals surface area contributed by atoms with Crippen LogP contribution in [0.3, 0.4) is 0 Å². The number of anilines is 1. The predicted molar refractivity (Wildman–Crippen MR) is 108 cm³/mol. The van der Waals surface area contributed by atoms with Crippen molar-refractivity contribution in [1.82, 2.24) is 0 Å². The molecule has 8 nitrogen and oxygen atoms in total. The molecule has 0 fully saturated rings. The maximum Gasteiger partial charge on any atom is 0.342 e. The number of carbonyl (C=O) groups excluding carboxylic acids is 4. The van der Waals surface area contributed by atoms with Gasteiger partial charge in [-0.15, -0.1) is 0 Å². The van der Waals surface area contributed by atoms with Gasteiger partial charge in [-0.1, -0.05) is 36.4 Å². The summed E-state index contributed by atoms with van der Waals surface area (Å²) < 4.78 is 4.89. The zero-order valence-corrected chi connectivity index (χ0v) is 15.9. The van der Waals surface area contributed by atoms with Gasteiger partial charge >= 0.3 is 5.97 Å². The predicted octanol–water partition coefficient (Wildman–Crippen LogP) is 2.67. The van der Waals surface area contributed by atoms with Gasteiger partial charge in [-0.25, -0.2) is 4.79 Å². The van der Waals surface area contributed by atoms with Crippen LogP contribution in [0.4, 0.5) is 5.69 Å². The van der Waals surface area contributed by atoms with Crippen molar-refractivity contribution in [2.45, 2.75) is 0 Å². The zero-order chi connectivity index (χ0) is 22.1. The second-order valence-corrected chi connectivity index (χ2v) is 6.76. The van der Waals surface area contributed by atoms with Gasteiger partial charge in [0, 0.05) is 22.8 Å². The average Bonchev–Trinajstić information content (AvgIpc) is 2.76. The number of rotatable bonds is 4. The zero-order valence-electron chi connectivity index (χ0n) is 15.9. The SMILES string of the molecule is O=C(COC(=O)c1ccc(O)cc1O)Nc1cccc2c1C(=O)c1ccccc1C2=O. The summed E-state index contributed by atoms with van der Waals surface area (Å²) in [6.07, 6.45) is 0. The first-order valence-corrected chi connectivity index (χ1v) is 9.17. The molecule has 31 heavy (non-hydrogen) atoms. The van der Waals surface area contributed by atoms with E-state index in [1.54, 1.807) is 24.3 Å². The van der Waals surface area contributed by atoms with E-state index in [2.05, 4.69) is 5.32 Å². The maximum atomic E-state index is 12.9. The third kappa shape index (κ3) is 3.62. The minimum absolute atomic E-state index is 0.0713. The van der Waals surface area contributed by atoms with Gasteiger partial charge in [-0.3, -0.25) is 14.4 Å². The van der Waals surface area contributed by atoms with Gasteiger partial charge in [-0.05, 0) is 18.2 Å². The molecule has 3 N–H and O–H groups in total. The van der Waals surface area contributed by atoms with Crippen LogP contribution in [0, 0.1) is 0 Å². The molecule has 1 amide bonds. The topological polar surface area (TPSA) is 130 Å². The Kier molecular flexibility index (Phi) is 4.96. The highest BCUT2D eigenvalue weighted by molar-refractivity contribution is 6.30. The Bertz CT molecular complexity index is 1260. The second kappa shape index (κ2) is 7.75. The number of phenols is 2. The van der Waals surface area contributed by atoms with E-state index in [-0.39, 0.29) is 39.5 Å². The lowest BCUT2D eigenvalue weighted by atomic mass is 9.83. The molecule has 8 heteroatoms. The molecule has 1 aliphatic rings. The fourth-order valence-electron chi connectivity index (χ4n) is 3.34. The number of fused-ring (bicyclic) bond motifs is 2. The number of hydrogen-bond donors (Lipinski definition) is 3. The van der Waals surface area contributed by atoms with Crippen molar-refractivity contribution < 1.29 is 34.1 Å². The van der Waals surface area contributed by atoms with Crippen LogP contribution in [-0.2, 0) is 9.53 Å². The van der Waals surface area contributed by atoms with E-state index >= 15 is 0 Å². The number of hydrogen-bond acceptors (Lipinski definition) is 7. The second-order valence-electron chi connectivity index (χ2n) is 6.76. The van der Waals surface area contributed by atoms with Gasteiger partial charge in [0.15, 0.2) is 18.2 Å². The smallest absolute Gasteiger partial charge is 0.342 e. The quantitative estimate of drug-likeness (QED) is 0.435. The van der Waals surface area contributed by atoms with Gasteiger partial charge in [0.2, 0.25) is 0 Å². The fourth-order valence-corrected chi connectivity index (χ4v) is 3.34. The summed E-state index contributed by atoms with van der Waals surface area (Å²) in [5.41, 5.74) is 0.690. The molecule has 154 valence electrons. The molecule has 4 rings (SSSR count). The van der Waals surface area contributed by atoms with Gasteiger partial charge < -0.3 is 20.3 Å². The minimum Gasteiger partial charge on any atom is -0.508 e. The summed E-state index contributed by atoms with van der Waals surface area (Å²) in [5, 5.41) is 21.5. The first-order chi connectivity index (χ1) is 14.9. The number of nitrogens with one attached hydrogen (secondary N) is 1. The molecule has 0 heterocycles. The number of amides is 1. The Morgan fingerprint density at radius 2 is 1.52 bits per heavy atom. The monoisotopic (exact) mass is 417 g/mol. The highest BCUT2D eigenvalue weighted by Crippen LogP contribution is 2.32. The lowest BCUT2D eigenvalue weighted by Gasteiger charge is -2.20. The highest BCUT2D eigenvalue weighted by atomic mass is 16.5. The normalized spacial score (nSPS) is 12.0. The standard InChI is InChI=1S/C23H15NO7/c25-12-8-9-15(18(26)10-12)23(30)31-11-19(27)24-17-7-3-6-16-20(17)22(29)14-5-2-1-4-13(14)21(16)28/h1-10,25-26H,11H2,(H,24,27). The molecular formula is C23H15NO7. The number of aromatic hydroxyl groups is 2. The first-order valence-electron chi connectivity index (χ1n) is 9.17. The molecule has 0 saturated carbocycles. The molecule has 0 aliphatic heterocycles. The van der Waals surface area contributed by atoms with Crippen molar-refractivity contribution in [2.75, 3.05) is 11.9 Å². The van der Waals surface area contributed by atoms with Gasteiger partial charge in [0.1, 0.15) is 17.1 Å². The molecule has 0 saturated heterocycles. The molecule has 0 radical (unpaired) electrons. The van der Waals surface area contributed by atoms with E-state index in [1.165, 1.54) is 24.3 Å². The highest BCUT2D eigenvalue weighted by Gasteiger charge is 2.31. The molecule has 0 atom stereocenters. The summed E-state index contributed by atoms with van der Waals surface area (Å²) in [6, 6.07) is 14.3. The van der Waals surface area contributed by atoms with Crippen LogP contribution >= 0.6 is 0 Å². The van der Waals surface area contributed by atoms with E-state index in [4.69, 9.17) is 4.74 Å². The molecular weight excluding hydrogens is 402 g/mol. The van der Waals surface area contributed by atoms with E-state index in [1.807, 2.05) is 0 Å². The van der Waals surface area contributed by atoms with Crippen LogP contribution in [0.1, 0.15) is 42.2 Å². The summed E-state index contributed by atoms with van der Waals surface area (Å²) in [4.78, 5) is 50.1. The number of phenolic OH excluding ortho intramolecular Hbond substituents is 2. The Morgan fingerprint density at radius 3 is 2.23 bits per heavy atom. The number of carbonyl (C=O) groups is 4. The van der Waals surface area contributed by atoms with Crippen molar-refractivity contribution in [3.05, 3.63) is 88.5 Å². The van der Waals surface area contributed by atoms with Crippen LogP contribution in [0.25, 0.3) is 0 Å². The van der Waals surface area contributed by atoms with Crippen molar-refractivity contribution >= 4 is 29.1 Å². The molecule has 0 unspecified atom stereocenters. The number of benzene rings is 3. The van der Waals surface area contributed by atoms with Crippen LogP contribution in [-0.4, -0.2) is 40.3 Å². The Balaban J connectivity index is 1.52. The minimum atomic E-state index is -0.970. The molecule has 0 bridgehead atoms. The summed E-state index contributed by atoms with van der Waals surface area (Å²) >= 11 is 0. The summed E-state index contributed by atoms with van der Waals surface area (Å²) in [7, 11) is 0. The van der Waals surface area contributed by atoms with Crippen LogP contribution in [0.5, 0.6) is 11.5 Å². The molecule has 3 aromatic carbocycles. The van der Waals surface area contributed by atoms with Crippen molar-refractivity contribution in [2.24, 2.45) is 0 Å². The summed E-state index contributed by atoms with van der Waals surface area (Å²) in [5.74, 6) is -3.16. The lowest BCUT2D eigenvalue weighted by molar-refractivity contribution is -0.119.